The zero-order valence-electron chi connectivity index (χ0n) is 20.0. The lowest BCUT2D eigenvalue weighted by Crippen LogP contribution is -2.29. The van der Waals surface area contributed by atoms with Crippen LogP contribution in [-0.4, -0.2) is 29.8 Å². The first-order chi connectivity index (χ1) is 18.3. The minimum Gasteiger partial charge on any atom is -0.462 e. The summed E-state index contributed by atoms with van der Waals surface area (Å²) in [5.74, 6) is -4.65. The molecule has 2 aromatic carbocycles. The van der Waals surface area contributed by atoms with E-state index in [2.05, 4.69) is 15.0 Å². The zero-order valence-corrected chi connectivity index (χ0v) is 20.0. The summed E-state index contributed by atoms with van der Waals surface area (Å²) in [6.07, 6.45) is -6.62. The average molecular weight is 556 g/mol. The number of pyridine rings is 1. The maximum Gasteiger partial charge on any atom is 0.573 e. The first kappa shape index (κ1) is 27.9. The number of nitrogens with one attached hydrogen (secondary N) is 1. The number of ether oxygens (including phenoxy) is 2. The Morgan fingerprint density at radius 3 is 2.31 bits per heavy atom. The van der Waals surface area contributed by atoms with Crippen LogP contribution in [0.5, 0.6) is 5.75 Å². The fourth-order valence-electron chi connectivity index (χ4n) is 4.10. The smallest absolute Gasteiger partial charge is 0.462 e. The number of rotatable bonds is 8. The van der Waals surface area contributed by atoms with Crippen LogP contribution < -0.4 is 10.1 Å². The van der Waals surface area contributed by atoms with Gasteiger partial charge in [0.1, 0.15) is 23.1 Å². The average Bonchev–Trinajstić information content (AvgIpc) is 3.65. The van der Waals surface area contributed by atoms with Gasteiger partial charge in [0.05, 0.1) is 17.6 Å². The van der Waals surface area contributed by atoms with Crippen molar-refractivity contribution in [2.24, 2.45) is 0 Å². The van der Waals surface area contributed by atoms with Crippen LogP contribution in [0.25, 0.3) is 11.1 Å². The number of amides is 1. The van der Waals surface area contributed by atoms with Crippen LogP contribution in [0.4, 0.5) is 36.4 Å². The number of carbonyl (C=O) groups excluding carboxylic acids is 2. The second-order valence-electron chi connectivity index (χ2n) is 8.60. The van der Waals surface area contributed by atoms with Gasteiger partial charge in [-0.05, 0) is 44.0 Å². The molecule has 1 fully saturated rings. The molecule has 1 saturated carbocycles. The Hall–Kier alpha value is -4.16. The monoisotopic (exact) mass is 556 g/mol. The normalized spacial score (nSPS) is 14.2. The third-order valence-corrected chi connectivity index (χ3v) is 6.02. The molecule has 3 aromatic rings. The summed E-state index contributed by atoms with van der Waals surface area (Å²) in [6.45, 7) is 1.43. The standard InChI is InChI=1S/C26H19F7N2O4/c1-2-38-23(36)16-9-14(10-19(28)21(16)13-3-6-20(22(29)30)34-12-13)35-24(37)25(7-8-25)17-5-4-15(11-18(17)27)39-26(31,32)33/h3-6,9-12,22H,2,7-8H2,1H3,(H,35,37). The molecule has 0 atom stereocenters. The van der Waals surface area contributed by atoms with E-state index in [4.69, 9.17) is 4.74 Å². The Balaban J connectivity index is 1.65. The van der Waals surface area contributed by atoms with E-state index >= 15 is 4.39 Å². The summed E-state index contributed by atoms with van der Waals surface area (Å²) >= 11 is 0. The van der Waals surface area contributed by atoms with E-state index in [0.29, 0.717) is 6.07 Å². The third kappa shape index (κ3) is 5.96. The second-order valence-corrected chi connectivity index (χ2v) is 8.60. The van der Waals surface area contributed by atoms with E-state index in [0.717, 1.165) is 42.6 Å². The highest BCUT2D eigenvalue weighted by Gasteiger charge is 2.53. The van der Waals surface area contributed by atoms with Crippen LogP contribution in [-0.2, 0) is 14.9 Å². The summed E-state index contributed by atoms with van der Waals surface area (Å²) in [5.41, 5.74) is -2.99. The maximum absolute atomic E-state index is 15.3. The molecule has 1 aromatic heterocycles. The Labute approximate surface area is 216 Å². The molecule has 0 aliphatic heterocycles. The van der Waals surface area contributed by atoms with Gasteiger partial charge in [-0.1, -0.05) is 12.1 Å². The van der Waals surface area contributed by atoms with Gasteiger partial charge in [0, 0.05) is 34.6 Å². The highest BCUT2D eigenvalue weighted by atomic mass is 19.4. The first-order valence-corrected chi connectivity index (χ1v) is 11.5. The van der Waals surface area contributed by atoms with E-state index in [1.165, 1.54) is 6.92 Å². The Kier molecular flexibility index (Phi) is 7.53. The lowest BCUT2D eigenvalue weighted by Gasteiger charge is -2.19. The molecular formula is C26H19F7N2O4. The minimum absolute atomic E-state index is 0.000251. The molecule has 39 heavy (non-hydrogen) atoms. The lowest BCUT2D eigenvalue weighted by molar-refractivity contribution is -0.274. The van der Waals surface area contributed by atoms with Crippen LogP contribution >= 0.6 is 0 Å². The predicted octanol–water partition coefficient (Wildman–Crippen LogP) is 6.71. The third-order valence-electron chi connectivity index (χ3n) is 6.02. The van der Waals surface area contributed by atoms with E-state index < -0.39 is 53.2 Å². The molecule has 1 N–H and O–H groups in total. The van der Waals surface area contributed by atoms with Crippen molar-refractivity contribution >= 4 is 17.6 Å². The number of hydrogen-bond acceptors (Lipinski definition) is 5. The fraction of sp³-hybridized carbons (Fsp3) is 0.269. The van der Waals surface area contributed by atoms with Crippen molar-refractivity contribution < 1.29 is 49.8 Å². The molecular weight excluding hydrogens is 537 g/mol. The van der Waals surface area contributed by atoms with Crippen molar-refractivity contribution in [3.05, 3.63) is 77.1 Å². The molecule has 0 bridgehead atoms. The largest absolute Gasteiger partial charge is 0.573 e. The number of aromatic nitrogens is 1. The molecule has 0 saturated heterocycles. The minimum atomic E-state index is -5.03. The number of nitrogens with zero attached hydrogens (tertiary/aromatic N) is 1. The van der Waals surface area contributed by atoms with Crippen molar-refractivity contribution in [3.63, 3.8) is 0 Å². The van der Waals surface area contributed by atoms with Crippen LogP contribution in [0.1, 0.15) is 47.8 Å². The lowest BCUT2D eigenvalue weighted by atomic mass is 9.93. The van der Waals surface area contributed by atoms with Crippen molar-refractivity contribution in [1.82, 2.24) is 4.98 Å². The molecule has 1 aliphatic rings. The predicted molar refractivity (Wildman–Crippen MR) is 123 cm³/mol. The van der Waals surface area contributed by atoms with Crippen molar-refractivity contribution in [3.8, 4) is 16.9 Å². The van der Waals surface area contributed by atoms with Gasteiger partial charge < -0.3 is 14.8 Å². The topological polar surface area (TPSA) is 77.5 Å². The second kappa shape index (κ2) is 10.5. The Morgan fingerprint density at radius 1 is 1.05 bits per heavy atom. The van der Waals surface area contributed by atoms with Gasteiger partial charge in [-0.3, -0.25) is 9.78 Å². The highest BCUT2D eigenvalue weighted by Crippen LogP contribution is 2.50. The van der Waals surface area contributed by atoms with Gasteiger partial charge in [-0.25, -0.2) is 22.4 Å². The molecule has 0 spiro atoms. The number of anilines is 1. The van der Waals surface area contributed by atoms with Crippen molar-refractivity contribution in [2.45, 2.75) is 38.0 Å². The van der Waals surface area contributed by atoms with Gasteiger partial charge in [0.2, 0.25) is 5.91 Å². The number of halogens is 7. The Bertz CT molecular complexity index is 1400. The van der Waals surface area contributed by atoms with Crippen molar-refractivity contribution in [1.29, 1.82) is 0 Å². The van der Waals surface area contributed by atoms with Crippen LogP contribution in [0.15, 0.2) is 48.7 Å². The molecule has 1 amide bonds. The van der Waals surface area contributed by atoms with E-state index in [1.54, 1.807) is 0 Å². The number of carbonyl (C=O) groups is 2. The number of alkyl halides is 5. The van der Waals surface area contributed by atoms with E-state index in [-0.39, 0.29) is 47.4 Å². The van der Waals surface area contributed by atoms with E-state index in [9.17, 15) is 35.9 Å². The molecule has 0 radical (unpaired) electrons. The van der Waals surface area contributed by atoms with Crippen LogP contribution in [0.2, 0.25) is 0 Å². The molecule has 1 heterocycles. The molecule has 6 nitrogen and oxygen atoms in total. The number of benzene rings is 2. The van der Waals surface area contributed by atoms with Crippen LogP contribution in [0.3, 0.4) is 0 Å². The van der Waals surface area contributed by atoms with Gasteiger partial charge in [-0.15, -0.1) is 13.2 Å². The van der Waals surface area contributed by atoms with Crippen LogP contribution in [0, 0.1) is 11.6 Å². The summed E-state index contributed by atoms with van der Waals surface area (Å²) < 4.78 is 102. The Morgan fingerprint density at radius 2 is 1.77 bits per heavy atom. The number of hydrogen-bond donors (Lipinski definition) is 1. The molecule has 206 valence electrons. The van der Waals surface area contributed by atoms with Crippen molar-refractivity contribution in [2.75, 3.05) is 11.9 Å². The van der Waals surface area contributed by atoms with E-state index in [1.807, 2.05) is 0 Å². The van der Waals surface area contributed by atoms with Gasteiger partial charge in [0.25, 0.3) is 6.43 Å². The highest BCUT2D eigenvalue weighted by molar-refractivity contribution is 6.04. The molecule has 4 rings (SSSR count). The number of esters is 1. The van der Waals surface area contributed by atoms with Gasteiger partial charge >= 0.3 is 12.3 Å². The van der Waals surface area contributed by atoms with Gasteiger partial charge in [0.15, 0.2) is 0 Å². The fourth-order valence-corrected chi connectivity index (χ4v) is 4.10. The first-order valence-electron chi connectivity index (χ1n) is 11.5. The molecule has 1 aliphatic carbocycles. The summed E-state index contributed by atoms with van der Waals surface area (Å²) in [7, 11) is 0. The molecule has 0 unspecified atom stereocenters. The maximum atomic E-state index is 15.3. The molecule has 13 heteroatoms. The summed E-state index contributed by atoms with van der Waals surface area (Å²) in [6, 6.07) is 6.51. The van der Waals surface area contributed by atoms with Gasteiger partial charge in [-0.2, -0.15) is 0 Å². The quantitative estimate of drug-likeness (QED) is 0.247. The summed E-state index contributed by atoms with van der Waals surface area (Å²) in [4.78, 5) is 29.3. The zero-order chi connectivity index (χ0) is 28.5. The summed E-state index contributed by atoms with van der Waals surface area (Å²) in [5, 5.41) is 2.42. The SMILES string of the molecule is CCOC(=O)c1cc(NC(=O)C2(c3ccc(OC(F)(F)F)cc3F)CC2)cc(F)c1-c1ccc(C(F)F)nc1.